The molecule has 0 radical (unpaired) electrons. The van der Waals surface area contributed by atoms with Crippen LogP contribution in [-0.2, 0) is 27.8 Å². The molecule has 0 fully saturated rings. The van der Waals surface area contributed by atoms with E-state index in [0.717, 1.165) is 5.56 Å². The molecule has 0 spiro atoms. The second-order valence-electron chi connectivity index (χ2n) is 7.59. The molecular weight excluding hydrogens is 412 g/mol. The van der Waals surface area contributed by atoms with E-state index < -0.39 is 10.0 Å². The Morgan fingerprint density at radius 2 is 1.58 bits per heavy atom. The van der Waals surface area contributed by atoms with E-state index in [9.17, 15) is 13.2 Å². The largest absolute Gasteiger partial charge is 0.467 e. The lowest BCUT2D eigenvalue weighted by Gasteiger charge is -2.29. The summed E-state index contributed by atoms with van der Waals surface area (Å²) in [4.78, 5) is 15.1. The molecule has 0 aliphatic rings. The van der Waals surface area contributed by atoms with Crippen molar-refractivity contribution < 1.29 is 17.6 Å². The second kappa shape index (κ2) is 10.4. The molecule has 0 aliphatic heterocycles. The van der Waals surface area contributed by atoms with E-state index in [1.807, 2.05) is 36.4 Å². The standard InChI is InChI=1S/C24H28N2O4S/c1-20(2)26(31(28,29)23-13-7-4-8-14-23)19-24(27)25(18-22-12-9-17-30-22)16-15-21-10-5-3-6-11-21/h3-14,17,20H,15-16,18-19H2,1-2H3. The maximum Gasteiger partial charge on any atom is 0.243 e. The normalized spacial score (nSPS) is 11.7. The SMILES string of the molecule is CC(C)N(CC(=O)N(CCc1ccccc1)Cc1ccco1)S(=O)(=O)c1ccccc1. The van der Waals surface area contributed by atoms with Crippen molar-refractivity contribution in [3.05, 3.63) is 90.4 Å². The summed E-state index contributed by atoms with van der Waals surface area (Å²) in [6.07, 6.45) is 2.23. The number of furan rings is 1. The zero-order valence-electron chi connectivity index (χ0n) is 17.8. The van der Waals surface area contributed by atoms with Gasteiger partial charge in [0.2, 0.25) is 15.9 Å². The summed E-state index contributed by atoms with van der Waals surface area (Å²) in [6, 6.07) is 21.3. The molecule has 1 aromatic heterocycles. The van der Waals surface area contributed by atoms with Gasteiger partial charge in [-0.15, -0.1) is 0 Å². The molecule has 1 amide bonds. The maximum atomic E-state index is 13.3. The molecule has 2 aromatic carbocycles. The van der Waals surface area contributed by atoms with Crippen LogP contribution in [0, 0.1) is 0 Å². The summed E-state index contributed by atoms with van der Waals surface area (Å²) >= 11 is 0. The number of sulfonamides is 1. The minimum Gasteiger partial charge on any atom is -0.467 e. The van der Waals surface area contributed by atoms with Gasteiger partial charge in [0.15, 0.2) is 0 Å². The Kier molecular flexibility index (Phi) is 7.65. The van der Waals surface area contributed by atoms with Gasteiger partial charge < -0.3 is 9.32 Å². The van der Waals surface area contributed by atoms with Gasteiger partial charge in [0.25, 0.3) is 0 Å². The third kappa shape index (κ3) is 6.06. The number of amides is 1. The molecule has 0 saturated heterocycles. The van der Waals surface area contributed by atoms with Crippen LogP contribution in [0.3, 0.4) is 0 Å². The van der Waals surface area contributed by atoms with Crippen LogP contribution in [-0.4, -0.2) is 42.7 Å². The van der Waals surface area contributed by atoms with E-state index in [1.165, 1.54) is 4.31 Å². The highest BCUT2D eigenvalue weighted by atomic mass is 32.2. The first kappa shape index (κ1) is 22.8. The van der Waals surface area contributed by atoms with Crippen LogP contribution in [0.1, 0.15) is 25.2 Å². The molecule has 3 aromatic rings. The predicted molar refractivity (Wildman–Crippen MR) is 120 cm³/mol. The van der Waals surface area contributed by atoms with Crippen molar-refractivity contribution in [1.29, 1.82) is 0 Å². The number of carbonyl (C=O) groups excluding carboxylic acids is 1. The molecule has 6 nitrogen and oxygen atoms in total. The molecule has 0 bridgehead atoms. The Labute approximate surface area is 184 Å². The molecule has 0 unspecified atom stereocenters. The molecule has 0 saturated carbocycles. The van der Waals surface area contributed by atoms with Crippen LogP contribution in [0.2, 0.25) is 0 Å². The Balaban J connectivity index is 1.79. The Morgan fingerprint density at radius 1 is 0.935 bits per heavy atom. The first-order valence-electron chi connectivity index (χ1n) is 10.3. The van der Waals surface area contributed by atoms with Gasteiger partial charge in [0, 0.05) is 12.6 Å². The average Bonchev–Trinajstić information content (AvgIpc) is 3.29. The van der Waals surface area contributed by atoms with Crippen LogP contribution in [0.25, 0.3) is 0 Å². The van der Waals surface area contributed by atoms with Gasteiger partial charge in [-0.2, -0.15) is 4.31 Å². The van der Waals surface area contributed by atoms with Gasteiger partial charge in [0.05, 0.1) is 24.2 Å². The molecule has 0 atom stereocenters. The summed E-state index contributed by atoms with van der Waals surface area (Å²) in [5.41, 5.74) is 1.11. The fraction of sp³-hybridized carbons (Fsp3) is 0.292. The maximum absolute atomic E-state index is 13.3. The van der Waals surface area contributed by atoms with Crippen molar-refractivity contribution >= 4 is 15.9 Å². The van der Waals surface area contributed by atoms with Gasteiger partial charge in [-0.05, 0) is 50.1 Å². The number of rotatable bonds is 10. The summed E-state index contributed by atoms with van der Waals surface area (Å²) in [5.74, 6) is 0.393. The lowest BCUT2D eigenvalue weighted by molar-refractivity contribution is -0.132. The number of nitrogens with zero attached hydrogens (tertiary/aromatic N) is 2. The minimum atomic E-state index is -3.80. The fourth-order valence-electron chi connectivity index (χ4n) is 3.30. The van der Waals surface area contributed by atoms with Crippen LogP contribution in [0.4, 0.5) is 0 Å². The Morgan fingerprint density at radius 3 is 2.16 bits per heavy atom. The number of carbonyl (C=O) groups is 1. The fourth-order valence-corrected chi connectivity index (χ4v) is 4.90. The topological polar surface area (TPSA) is 70.8 Å². The van der Waals surface area contributed by atoms with Gasteiger partial charge in [-0.3, -0.25) is 4.79 Å². The highest BCUT2D eigenvalue weighted by Gasteiger charge is 2.30. The van der Waals surface area contributed by atoms with Crippen LogP contribution in [0.5, 0.6) is 0 Å². The monoisotopic (exact) mass is 440 g/mol. The van der Waals surface area contributed by atoms with E-state index in [1.54, 1.807) is 61.4 Å². The first-order valence-corrected chi connectivity index (χ1v) is 11.7. The molecule has 7 heteroatoms. The van der Waals surface area contributed by atoms with Gasteiger partial charge in [-0.25, -0.2) is 8.42 Å². The van der Waals surface area contributed by atoms with Crippen molar-refractivity contribution in [3.8, 4) is 0 Å². The molecule has 3 rings (SSSR count). The van der Waals surface area contributed by atoms with E-state index in [2.05, 4.69) is 0 Å². The van der Waals surface area contributed by atoms with Crippen molar-refractivity contribution in [2.24, 2.45) is 0 Å². The zero-order valence-corrected chi connectivity index (χ0v) is 18.7. The lowest BCUT2D eigenvalue weighted by atomic mass is 10.1. The molecule has 0 aliphatic carbocycles. The van der Waals surface area contributed by atoms with Gasteiger partial charge in [0.1, 0.15) is 5.76 Å². The average molecular weight is 441 g/mol. The molecule has 164 valence electrons. The van der Waals surface area contributed by atoms with Gasteiger partial charge >= 0.3 is 0 Å². The first-order chi connectivity index (χ1) is 14.9. The molecule has 1 heterocycles. The number of benzene rings is 2. The molecule has 0 N–H and O–H groups in total. The van der Waals surface area contributed by atoms with Crippen molar-refractivity contribution in [3.63, 3.8) is 0 Å². The Hall–Kier alpha value is -2.90. The lowest BCUT2D eigenvalue weighted by Crippen LogP contribution is -2.46. The van der Waals surface area contributed by atoms with Crippen LogP contribution in [0.15, 0.2) is 88.4 Å². The van der Waals surface area contributed by atoms with Crippen LogP contribution < -0.4 is 0 Å². The predicted octanol–water partition coefficient (Wildman–Crippen LogP) is 3.95. The number of hydrogen-bond donors (Lipinski definition) is 0. The summed E-state index contributed by atoms with van der Waals surface area (Å²) < 4.78 is 33.0. The van der Waals surface area contributed by atoms with E-state index >= 15 is 0 Å². The quantitative estimate of drug-likeness (QED) is 0.479. The van der Waals surface area contributed by atoms with Crippen molar-refractivity contribution in [2.45, 2.75) is 37.8 Å². The second-order valence-corrected chi connectivity index (χ2v) is 9.48. The van der Waals surface area contributed by atoms with Crippen molar-refractivity contribution in [1.82, 2.24) is 9.21 Å². The molecular formula is C24H28N2O4S. The number of hydrogen-bond acceptors (Lipinski definition) is 4. The van der Waals surface area contributed by atoms with E-state index in [4.69, 9.17) is 4.42 Å². The zero-order chi connectivity index (χ0) is 22.3. The van der Waals surface area contributed by atoms with E-state index in [-0.39, 0.29) is 29.9 Å². The van der Waals surface area contributed by atoms with Crippen molar-refractivity contribution in [2.75, 3.05) is 13.1 Å². The summed E-state index contributed by atoms with van der Waals surface area (Å²) in [5, 5.41) is 0. The van der Waals surface area contributed by atoms with Gasteiger partial charge in [-0.1, -0.05) is 48.5 Å². The van der Waals surface area contributed by atoms with Crippen LogP contribution >= 0.6 is 0 Å². The highest BCUT2D eigenvalue weighted by molar-refractivity contribution is 7.89. The Bertz CT molecular complexity index is 1050. The van der Waals surface area contributed by atoms with E-state index in [0.29, 0.717) is 18.7 Å². The highest BCUT2D eigenvalue weighted by Crippen LogP contribution is 2.19. The summed E-state index contributed by atoms with van der Waals surface area (Å²) in [6.45, 7) is 4.06. The third-order valence-corrected chi connectivity index (χ3v) is 7.05. The molecule has 31 heavy (non-hydrogen) atoms. The minimum absolute atomic E-state index is 0.179. The smallest absolute Gasteiger partial charge is 0.243 e. The summed E-state index contributed by atoms with van der Waals surface area (Å²) in [7, 11) is -3.80. The third-order valence-electron chi connectivity index (χ3n) is 5.01.